The van der Waals surface area contributed by atoms with Crippen LogP contribution in [0.3, 0.4) is 0 Å². The number of aromatic nitrogens is 1. The monoisotopic (exact) mass is 375 g/mol. The summed E-state index contributed by atoms with van der Waals surface area (Å²) in [6.45, 7) is 2.07. The molecular formula is C22H21N3O3. The molecule has 2 amide bonds. The molecule has 0 atom stereocenters. The van der Waals surface area contributed by atoms with Crippen molar-refractivity contribution >= 4 is 23.2 Å². The number of carbonyl (C=O) groups is 2. The van der Waals surface area contributed by atoms with Crippen molar-refractivity contribution in [1.29, 1.82) is 0 Å². The number of amides is 2. The predicted molar refractivity (Wildman–Crippen MR) is 109 cm³/mol. The second kappa shape index (κ2) is 8.81. The molecule has 0 aliphatic rings. The van der Waals surface area contributed by atoms with Crippen LogP contribution < -0.4 is 15.4 Å². The lowest BCUT2D eigenvalue weighted by molar-refractivity contribution is 0.102. The molecule has 0 bridgehead atoms. The summed E-state index contributed by atoms with van der Waals surface area (Å²) in [4.78, 5) is 29.0. The van der Waals surface area contributed by atoms with E-state index in [4.69, 9.17) is 4.74 Å². The molecule has 3 aromatic rings. The minimum Gasteiger partial charge on any atom is -0.497 e. The van der Waals surface area contributed by atoms with Gasteiger partial charge < -0.3 is 15.4 Å². The van der Waals surface area contributed by atoms with Gasteiger partial charge in [-0.05, 0) is 54.4 Å². The van der Waals surface area contributed by atoms with Crippen LogP contribution in [0.5, 0.6) is 5.75 Å². The van der Waals surface area contributed by atoms with E-state index in [2.05, 4.69) is 22.5 Å². The number of hydrogen-bond donors (Lipinski definition) is 2. The van der Waals surface area contributed by atoms with E-state index >= 15 is 0 Å². The molecule has 0 saturated heterocycles. The van der Waals surface area contributed by atoms with E-state index in [1.165, 1.54) is 24.0 Å². The Morgan fingerprint density at radius 2 is 1.36 bits per heavy atom. The molecule has 0 spiro atoms. The number of rotatable bonds is 6. The Kier molecular flexibility index (Phi) is 6.01. The zero-order valence-electron chi connectivity index (χ0n) is 15.7. The molecule has 1 heterocycles. The van der Waals surface area contributed by atoms with Crippen LogP contribution in [0.4, 0.5) is 11.4 Å². The average molecular weight is 375 g/mol. The molecule has 3 rings (SSSR count). The number of nitrogens with zero attached hydrogens (tertiary/aromatic N) is 1. The number of pyridine rings is 1. The van der Waals surface area contributed by atoms with Gasteiger partial charge in [0.05, 0.1) is 18.2 Å². The van der Waals surface area contributed by atoms with Crippen LogP contribution in [-0.4, -0.2) is 23.9 Å². The normalized spacial score (nSPS) is 10.2. The van der Waals surface area contributed by atoms with Crippen LogP contribution in [0.1, 0.15) is 33.2 Å². The van der Waals surface area contributed by atoms with Gasteiger partial charge in [-0.15, -0.1) is 0 Å². The molecule has 6 nitrogen and oxygen atoms in total. The van der Waals surface area contributed by atoms with Gasteiger partial charge in [-0.2, -0.15) is 0 Å². The second-order valence-electron chi connectivity index (χ2n) is 6.15. The van der Waals surface area contributed by atoms with Crippen molar-refractivity contribution in [2.45, 2.75) is 13.3 Å². The highest BCUT2D eigenvalue weighted by Crippen LogP contribution is 2.16. The Morgan fingerprint density at radius 1 is 0.857 bits per heavy atom. The summed E-state index contributed by atoms with van der Waals surface area (Å²) in [6, 6.07) is 16.1. The summed E-state index contributed by atoms with van der Waals surface area (Å²) < 4.78 is 5.10. The van der Waals surface area contributed by atoms with E-state index in [1.54, 1.807) is 31.4 Å². The molecule has 2 aromatic carbocycles. The number of aryl methyl sites for hydroxylation is 1. The zero-order valence-corrected chi connectivity index (χ0v) is 15.7. The van der Waals surface area contributed by atoms with Gasteiger partial charge >= 0.3 is 0 Å². The third kappa shape index (κ3) is 4.73. The maximum atomic E-state index is 12.5. The SMILES string of the molecule is CCc1ccc(NC(=O)c2cncc(C(=O)Nc3ccc(OC)cc3)c2)cc1. The first kappa shape index (κ1) is 19.1. The number of benzene rings is 2. The van der Waals surface area contributed by atoms with Gasteiger partial charge in [0.2, 0.25) is 0 Å². The molecule has 1 aromatic heterocycles. The van der Waals surface area contributed by atoms with Crippen LogP contribution in [0.2, 0.25) is 0 Å². The molecule has 28 heavy (non-hydrogen) atoms. The number of nitrogens with one attached hydrogen (secondary N) is 2. The van der Waals surface area contributed by atoms with Gasteiger partial charge in [0.25, 0.3) is 11.8 Å². The Morgan fingerprint density at radius 3 is 1.82 bits per heavy atom. The lowest BCUT2D eigenvalue weighted by Gasteiger charge is -2.08. The number of carbonyl (C=O) groups excluding carboxylic acids is 2. The number of anilines is 2. The van der Waals surface area contributed by atoms with Crippen LogP contribution in [0.25, 0.3) is 0 Å². The zero-order chi connectivity index (χ0) is 19.9. The lowest BCUT2D eigenvalue weighted by Crippen LogP contribution is -2.16. The molecular weight excluding hydrogens is 354 g/mol. The van der Waals surface area contributed by atoms with Gasteiger partial charge in [0, 0.05) is 23.8 Å². The molecule has 0 aliphatic heterocycles. The van der Waals surface area contributed by atoms with Gasteiger partial charge in [-0.1, -0.05) is 19.1 Å². The summed E-state index contributed by atoms with van der Waals surface area (Å²) in [6.07, 6.45) is 3.79. The highest BCUT2D eigenvalue weighted by Gasteiger charge is 2.12. The molecule has 0 fully saturated rings. The quantitative estimate of drug-likeness (QED) is 0.678. The molecule has 2 N–H and O–H groups in total. The number of ether oxygens (including phenoxy) is 1. The summed E-state index contributed by atoms with van der Waals surface area (Å²) in [5.74, 6) is 0.0285. The fourth-order valence-electron chi connectivity index (χ4n) is 2.59. The Labute approximate surface area is 163 Å². The smallest absolute Gasteiger partial charge is 0.257 e. The fraction of sp³-hybridized carbons (Fsp3) is 0.136. The van der Waals surface area contributed by atoms with E-state index < -0.39 is 0 Å². The van der Waals surface area contributed by atoms with Crippen molar-refractivity contribution in [1.82, 2.24) is 4.98 Å². The molecule has 0 saturated carbocycles. The third-order valence-electron chi connectivity index (χ3n) is 4.23. The van der Waals surface area contributed by atoms with Crippen molar-refractivity contribution in [2.24, 2.45) is 0 Å². The van der Waals surface area contributed by atoms with Crippen LogP contribution >= 0.6 is 0 Å². The summed E-state index contributed by atoms with van der Waals surface area (Å²) in [5.41, 5.74) is 3.11. The van der Waals surface area contributed by atoms with E-state index in [-0.39, 0.29) is 11.8 Å². The topological polar surface area (TPSA) is 80.3 Å². The van der Waals surface area contributed by atoms with E-state index in [9.17, 15) is 9.59 Å². The van der Waals surface area contributed by atoms with Crippen LogP contribution in [0.15, 0.2) is 67.0 Å². The van der Waals surface area contributed by atoms with Crippen molar-refractivity contribution in [3.63, 3.8) is 0 Å². The maximum Gasteiger partial charge on any atom is 0.257 e. The number of methoxy groups -OCH3 is 1. The fourth-order valence-corrected chi connectivity index (χ4v) is 2.59. The standard InChI is InChI=1S/C22H21N3O3/c1-3-15-4-6-18(7-5-15)24-21(26)16-12-17(14-23-13-16)22(27)25-19-8-10-20(28-2)11-9-19/h4-14H,3H2,1-2H3,(H,24,26)(H,25,27). The predicted octanol–water partition coefficient (Wildman–Crippen LogP) is 4.16. The summed E-state index contributed by atoms with van der Waals surface area (Å²) >= 11 is 0. The molecule has 142 valence electrons. The van der Waals surface area contributed by atoms with Gasteiger partial charge in [0.15, 0.2) is 0 Å². The van der Waals surface area contributed by atoms with E-state index in [1.807, 2.05) is 24.3 Å². The number of hydrogen-bond acceptors (Lipinski definition) is 4. The van der Waals surface area contributed by atoms with E-state index in [0.717, 1.165) is 6.42 Å². The van der Waals surface area contributed by atoms with E-state index in [0.29, 0.717) is 28.3 Å². The average Bonchev–Trinajstić information content (AvgIpc) is 2.75. The Hall–Kier alpha value is -3.67. The summed E-state index contributed by atoms with van der Waals surface area (Å²) in [7, 11) is 1.58. The molecule has 0 radical (unpaired) electrons. The molecule has 6 heteroatoms. The lowest BCUT2D eigenvalue weighted by atomic mass is 10.1. The first-order chi connectivity index (χ1) is 13.6. The highest BCUT2D eigenvalue weighted by molar-refractivity contribution is 6.08. The Balaban J connectivity index is 1.69. The maximum absolute atomic E-state index is 12.5. The Bertz CT molecular complexity index is 890. The van der Waals surface area contributed by atoms with Crippen LogP contribution in [0, 0.1) is 0 Å². The third-order valence-corrected chi connectivity index (χ3v) is 4.23. The van der Waals surface area contributed by atoms with Crippen molar-refractivity contribution < 1.29 is 14.3 Å². The minimum absolute atomic E-state index is 0.296. The first-order valence-corrected chi connectivity index (χ1v) is 8.90. The van der Waals surface area contributed by atoms with Crippen molar-refractivity contribution in [2.75, 3.05) is 17.7 Å². The van der Waals surface area contributed by atoms with Gasteiger partial charge in [-0.3, -0.25) is 14.6 Å². The minimum atomic E-state index is -0.348. The summed E-state index contributed by atoms with van der Waals surface area (Å²) in [5, 5.41) is 5.59. The highest BCUT2D eigenvalue weighted by atomic mass is 16.5. The van der Waals surface area contributed by atoms with Gasteiger partial charge in [-0.25, -0.2) is 0 Å². The van der Waals surface area contributed by atoms with Crippen molar-refractivity contribution in [3.8, 4) is 5.75 Å². The second-order valence-corrected chi connectivity index (χ2v) is 6.15. The first-order valence-electron chi connectivity index (χ1n) is 8.90. The molecule has 0 unspecified atom stereocenters. The van der Waals surface area contributed by atoms with Gasteiger partial charge in [0.1, 0.15) is 5.75 Å². The molecule has 0 aliphatic carbocycles. The largest absolute Gasteiger partial charge is 0.497 e. The van der Waals surface area contributed by atoms with Crippen molar-refractivity contribution in [3.05, 3.63) is 83.7 Å². The van der Waals surface area contributed by atoms with Crippen LogP contribution in [-0.2, 0) is 6.42 Å².